The smallest absolute Gasteiger partial charge is 0.237 e. The van der Waals surface area contributed by atoms with E-state index in [0.29, 0.717) is 10.2 Å². The zero-order valence-electron chi connectivity index (χ0n) is 13.1. The van der Waals surface area contributed by atoms with Crippen LogP contribution in [0.15, 0.2) is 51.8 Å². The molecule has 0 unspecified atom stereocenters. The summed E-state index contributed by atoms with van der Waals surface area (Å²) in [4.78, 5) is 24.1. The average Bonchev–Trinajstić information content (AvgIpc) is 2.51. The van der Waals surface area contributed by atoms with Crippen molar-refractivity contribution in [3.05, 3.63) is 52.8 Å². The lowest BCUT2D eigenvalue weighted by atomic mass is 10.3. The normalized spacial score (nSPS) is 11.7. The molecule has 0 radical (unpaired) electrons. The maximum absolute atomic E-state index is 13.8. The standard InChI is InChI=1S/C17H16BrFN2O2S/c1-10(17(23)21-16-8-3-12(18)9-15(16)19)24-14-6-4-13(5-7-14)20-11(2)22/h3-10H,1-2H3,(H,20,22)(H,21,23)/t10-/m1/s1. The summed E-state index contributed by atoms with van der Waals surface area (Å²) in [6, 6.07) is 11.6. The first kappa shape index (κ1) is 18.5. The van der Waals surface area contributed by atoms with E-state index in [-0.39, 0.29) is 17.5 Å². The zero-order chi connectivity index (χ0) is 17.7. The molecule has 7 heteroatoms. The van der Waals surface area contributed by atoms with Crippen LogP contribution in [0.4, 0.5) is 15.8 Å². The summed E-state index contributed by atoms with van der Waals surface area (Å²) in [5.74, 6) is -0.915. The number of hydrogen-bond donors (Lipinski definition) is 2. The lowest BCUT2D eigenvalue weighted by Gasteiger charge is -2.13. The van der Waals surface area contributed by atoms with E-state index >= 15 is 0 Å². The summed E-state index contributed by atoms with van der Waals surface area (Å²) in [6.07, 6.45) is 0. The van der Waals surface area contributed by atoms with Crippen LogP contribution in [-0.4, -0.2) is 17.1 Å². The van der Waals surface area contributed by atoms with Gasteiger partial charge in [0.25, 0.3) is 0 Å². The molecule has 0 aliphatic rings. The van der Waals surface area contributed by atoms with Crippen molar-refractivity contribution in [2.75, 3.05) is 10.6 Å². The van der Waals surface area contributed by atoms with Gasteiger partial charge in [0, 0.05) is 22.0 Å². The summed E-state index contributed by atoms with van der Waals surface area (Å²) < 4.78 is 14.4. The fourth-order valence-electron chi connectivity index (χ4n) is 1.90. The Balaban J connectivity index is 1.97. The van der Waals surface area contributed by atoms with Gasteiger partial charge in [-0.15, -0.1) is 11.8 Å². The second-order valence-corrected chi connectivity index (χ2v) is 7.41. The van der Waals surface area contributed by atoms with Gasteiger partial charge in [0.05, 0.1) is 10.9 Å². The Kier molecular flexibility index (Phi) is 6.39. The first-order valence-electron chi connectivity index (χ1n) is 7.15. The summed E-state index contributed by atoms with van der Waals surface area (Å²) in [5.41, 5.74) is 0.845. The van der Waals surface area contributed by atoms with Gasteiger partial charge in [-0.3, -0.25) is 9.59 Å². The number of benzene rings is 2. The van der Waals surface area contributed by atoms with Crippen LogP contribution in [0, 0.1) is 5.82 Å². The minimum atomic E-state index is -0.491. The Hall–Kier alpha value is -1.86. The monoisotopic (exact) mass is 410 g/mol. The van der Waals surface area contributed by atoms with Crippen LogP contribution in [0.25, 0.3) is 0 Å². The fourth-order valence-corrected chi connectivity index (χ4v) is 3.10. The second-order valence-electron chi connectivity index (χ2n) is 5.08. The topological polar surface area (TPSA) is 58.2 Å². The number of amides is 2. The third-order valence-corrected chi connectivity index (χ3v) is 4.65. The molecule has 0 aromatic heterocycles. The van der Waals surface area contributed by atoms with E-state index in [9.17, 15) is 14.0 Å². The van der Waals surface area contributed by atoms with E-state index < -0.39 is 11.1 Å². The van der Waals surface area contributed by atoms with Gasteiger partial charge >= 0.3 is 0 Å². The molecular formula is C17H16BrFN2O2S. The van der Waals surface area contributed by atoms with Crippen molar-refractivity contribution in [1.82, 2.24) is 0 Å². The molecule has 2 rings (SSSR count). The Labute approximate surface area is 152 Å². The number of rotatable bonds is 5. The number of halogens is 2. The van der Waals surface area contributed by atoms with E-state index in [1.54, 1.807) is 25.1 Å². The molecule has 0 spiro atoms. The molecule has 126 valence electrons. The summed E-state index contributed by atoms with van der Waals surface area (Å²) >= 11 is 4.52. The average molecular weight is 411 g/mol. The van der Waals surface area contributed by atoms with Crippen LogP contribution in [-0.2, 0) is 9.59 Å². The molecule has 0 aliphatic carbocycles. The van der Waals surface area contributed by atoms with Gasteiger partial charge in [0.2, 0.25) is 11.8 Å². The first-order chi connectivity index (χ1) is 11.3. The molecular weight excluding hydrogens is 395 g/mol. The summed E-state index contributed by atoms with van der Waals surface area (Å²) in [5, 5.41) is 4.86. The van der Waals surface area contributed by atoms with Crippen molar-refractivity contribution in [1.29, 1.82) is 0 Å². The Bertz CT molecular complexity index is 753. The quantitative estimate of drug-likeness (QED) is 0.704. The predicted octanol–water partition coefficient (Wildman–Crippen LogP) is 4.67. The molecule has 0 aliphatic heterocycles. The van der Waals surface area contributed by atoms with Crippen molar-refractivity contribution >= 4 is 50.9 Å². The highest BCUT2D eigenvalue weighted by Gasteiger charge is 2.16. The molecule has 2 amide bonds. The Morgan fingerprint density at radius 3 is 2.38 bits per heavy atom. The van der Waals surface area contributed by atoms with E-state index in [0.717, 1.165) is 4.90 Å². The van der Waals surface area contributed by atoms with Gasteiger partial charge < -0.3 is 10.6 Å². The fraction of sp³-hybridized carbons (Fsp3) is 0.176. The summed E-state index contributed by atoms with van der Waals surface area (Å²) in [7, 11) is 0. The molecule has 1 atom stereocenters. The molecule has 0 saturated carbocycles. The highest BCUT2D eigenvalue weighted by molar-refractivity contribution is 9.10. The third kappa shape index (κ3) is 5.35. The van der Waals surface area contributed by atoms with E-state index in [1.807, 2.05) is 12.1 Å². The SMILES string of the molecule is CC(=O)Nc1ccc(S[C@H](C)C(=O)Nc2ccc(Br)cc2F)cc1. The molecule has 2 aromatic rings. The Morgan fingerprint density at radius 2 is 1.79 bits per heavy atom. The lowest BCUT2D eigenvalue weighted by Crippen LogP contribution is -2.22. The first-order valence-corrected chi connectivity index (χ1v) is 8.82. The lowest BCUT2D eigenvalue weighted by molar-refractivity contribution is -0.115. The van der Waals surface area contributed by atoms with Gasteiger partial charge in [0.1, 0.15) is 5.82 Å². The third-order valence-electron chi connectivity index (χ3n) is 3.05. The van der Waals surface area contributed by atoms with Crippen LogP contribution in [0.1, 0.15) is 13.8 Å². The number of anilines is 2. The van der Waals surface area contributed by atoms with Crippen molar-refractivity contribution in [2.45, 2.75) is 24.0 Å². The van der Waals surface area contributed by atoms with Crippen molar-refractivity contribution in [3.8, 4) is 0 Å². The number of nitrogens with one attached hydrogen (secondary N) is 2. The minimum Gasteiger partial charge on any atom is -0.326 e. The molecule has 24 heavy (non-hydrogen) atoms. The highest BCUT2D eigenvalue weighted by atomic mass is 79.9. The predicted molar refractivity (Wildman–Crippen MR) is 98.8 cm³/mol. The highest BCUT2D eigenvalue weighted by Crippen LogP contribution is 2.26. The number of hydrogen-bond acceptors (Lipinski definition) is 3. The van der Waals surface area contributed by atoms with Crippen LogP contribution < -0.4 is 10.6 Å². The maximum atomic E-state index is 13.8. The van der Waals surface area contributed by atoms with Gasteiger partial charge in [-0.05, 0) is 49.4 Å². The van der Waals surface area contributed by atoms with Gasteiger partial charge in [-0.25, -0.2) is 4.39 Å². The molecule has 2 aromatic carbocycles. The summed E-state index contributed by atoms with van der Waals surface area (Å²) in [6.45, 7) is 3.19. The number of carbonyl (C=O) groups is 2. The number of thioether (sulfide) groups is 1. The van der Waals surface area contributed by atoms with Gasteiger partial charge in [0.15, 0.2) is 0 Å². The van der Waals surface area contributed by atoms with Crippen LogP contribution in [0.3, 0.4) is 0 Å². The van der Waals surface area contributed by atoms with Crippen LogP contribution in [0.5, 0.6) is 0 Å². The molecule has 4 nitrogen and oxygen atoms in total. The molecule has 0 saturated heterocycles. The van der Waals surface area contributed by atoms with Crippen LogP contribution in [0.2, 0.25) is 0 Å². The van der Waals surface area contributed by atoms with E-state index in [4.69, 9.17) is 0 Å². The largest absolute Gasteiger partial charge is 0.326 e. The van der Waals surface area contributed by atoms with Gasteiger partial charge in [-0.1, -0.05) is 15.9 Å². The molecule has 0 bridgehead atoms. The number of carbonyl (C=O) groups excluding carboxylic acids is 2. The molecule has 2 N–H and O–H groups in total. The zero-order valence-corrected chi connectivity index (χ0v) is 15.5. The van der Waals surface area contributed by atoms with E-state index in [1.165, 1.54) is 30.8 Å². The maximum Gasteiger partial charge on any atom is 0.237 e. The van der Waals surface area contributed by atoms with Crippen LogP contribution >= 0.6 is 27.7 Å². The van der Waals surface area contributed by atoms with Crippen molar-refractivity contribution < 1.29 is 14.0 Å². The Morgan fingerprint density at radius 1 is 1.12 bits per heavy atom. The van der Waals surface area contributed by atoms with Crippen molar-refractivity contribution in [3.63, 3.8) is 0 Å². The minimum absolute atomic E-state index is 0.139. The second kappa shape index (κ2) is 8.30. The molecule has 0 heterocycles. The molecule has 0 fully saturated rings. The van der Waals surface area contributed by atoms with Crippen molar-refractivity contribution in [2.24, 2.45) is 0 Å². The van der Waals surface area contributed by atoms with Gasteiger partial charge in [-0.2, -0.15) is 0 Å². The van der Waals surface area contributed by atoms with E-state index in [2.05, 4.69) is 26.6 Å².